The standard InChI is InChI=1S/C18H23F3N4O2/c1-16(2,3)11-9-22-25(10-11)17(4,5)15(27)23-12-7-8-13(18(19,20)21)24(6)14(12)26/h7-10H,1-6H3,(H,23,27). The highest BCUT2D eigenvalue weighted by atomic mass is 19.4. The number of pyridine rings is 1. The predicted molar refractivity (Wildman–Crippen MR) is 95.6 cm³/mol. The molecule has 0 aliphatic carbocycles. The number of rotatable bonds is 3. The third-order valence-electron chi connectivity index (χ3n) is 4.42. The summed E-state index contributed by atoms with van der Waals surface area (Å²) < 4.78 is 40.6. The Balaban J connectivity index is 2.32. The van der Waals surface area contributed by atoms with E-state index in [1.165, 1.54) is 4.68 Å². The van der Waals surface area contributed by atoms with E-state index in [0.717, 1.165) is 24.7 Å². The van der Waals surface area contributed by atoms with Crippen LogP contribution in [0.25, 0.3) is 0 Å². The second-order valence-corrected chi connectivity index (χ2v) is 7.93. The lowest BCUT2D eigenvalue weighted by molar-refractivity contribution is -0.143. The molecule has 1 N–H and O–H groups in total. The average molecular weight is 384 g/mol. The van der Waals surface area contributed by atoms with E-state index in [9.17, 15) is 22.8 Å². The molecule has 0 aliphatic rings. The zero-order valence-corrected chi connectivity index (χ0v) is 16.1. The van der Waals surface area contributed by atoms with Gasteiger partial charge in [0.1, 0.15) is 16.9 Å². The van der Waals surface area contributed by atoms with E-state index in [2.05, 4.69) is 10.4 Å². The van der Waals surface area contributed by atoms with Gasteiger partial charge in [-0.25, -0.2) is 0 Å². The first-order valence-corrected chi connectivity index (χ1v) is 8.30. The SMILES string of the molecule is Cn1c(C(F)(F)F)ccc(NC(=O)C(C)(C)n2cc(C(C)(C)C)cn2)c1=O. The minimum absolute atomic E-state index is 0.159. The van der Waals surface area contributed by atoms with Gasteiger partial charge in [0.2, 0.25) is 0 Å². The molecule has 0 spiro atoms. The van der Waals surface area contributed by atoms with Gasteiger partial charge in [0, 0.05) is 13.2 Å². The number of alkyl halides is 3. The highest BCUT2D eigenvalue weighted by Crippen LogP contribution is 2.29. The Morgan fingerprint density at radius 2 is 1.70 bits per heavy atom. The summed E-state index contributed by atoms with van der Waals surface area (Å²) in [6.07, 6.45) is -1.26. The summed E-state index contributed by atoms with van der Waals surface area (Å²) in [5.41, 5.74) is -2.65. The summed E-state index contributed by atoms with van der Waals surface area (Å²) in [7, 11) is 1.01. The monoisotopic (exact) mass is 384 g/mol. The summed E-state index contributed by atoms with van der Waals surface area (Å²) >= 11 is 0. The molecule has 2 heterocycles. The van der Waals surface area contributed by atoms with Crippen LogP contribution in [0.15, 0.2) is 29.3 Å². The van der Waals surface area contributed by atoms with Crippen molar-refractivity contribution in [3.63, 3.8) is 0 Å². The first-order valence-electron chi connectivity index (χ1n) is 8.30. The zero-order chi connectivity index (χ0) is 20.8. The van der Waals surface area contributed by atoms with Crippen LogP contribution >= 0.6 is 0 Å². The van der Waals surface area contributed by atoms with Crippen LogP contribution in [-0.4, -0.2) is 20.3 Å². The van der Waals surface area contributed by atoms with E-state index < -0.39 is 28.9 Å². The van der Waals surface area contributed by atoms with Crippen LogP contribution in [0.2, 0.25) is 0 Å². The fourth-order valence-electron chi connectivity index (χ4n) is 2.41. The molecule has 6 nitrogen and oxygen atoms in total. The van der Waals surface area contributed by atoms with Crippen molar-refractivity contribution in [2.24, 2.45) is 7.05 Å². The number of nitrogens with one attached hydrogen (secondary N) is 1. The Bertz CT molecular complexity index is 918. The summed E-state index contributed by atoms with van der Waals surface area (Å²) in [5.74, 6) is -0.567. The third kappa shape index (κ3) is 4.06. The lowest BCUT2D eigenvalue weighted by atomic mass is 9.90. The van der Waals surface area contributed by atoms with Crippen molar-refractivity contribution in [3.8, 4) is 0 Å². The fraction of sp³-hybridized carbons (Fsp3) is 0.500. The minimum Gasteiger partial charge on any atom is -0.319 e. The summed E-state index contributed by atoms with van der Waals surface area (Å²) in [5, 5.41) is 6.64. The van der Waals surface area contributed by atoms with Crippen molar-refractivity contribution in [1.82, 2.24) is 14.3 Å². The van der Waals surface area contributed by atoms with Crippen molar-refractivity contribution in [1.29, 1.82) is 0 Å². The van der Waals surface area contributed by atoms with Crippen LogP contribution in [0.5, 0.6) is 0 Å². The van der Waals surface area contributed by atoms with Crippen LogP contribution in [0.4, 0.5) is 18.9 Å². The first kappa shape index (κ1) is 20.7. The Labute approximate surface area is 155 Å². The lowest BCUT2D eigenvalue weighted by Crippen LogP contribution is -2.42. The topological polar surface area (TPSA) is 68.9 Å². The van der Waals surface area contributed by atoms with Gasteiger partial charge in [-0.3, -0.25) is 14.3 Å². The van der Waals surface area contributed by atoms with Gasteiger partial charge in [-0.2, -0.15) is 18.3 Å². The molecule has 0 atom stereocenters. The van der Waals surface area contributed by atoms with Crippen LogP contribution in [0.1, 0.15) is 45.9 Å². The van der Waals surface area contributed by atoms with Gasteiger partial charge in [-0.05, 0) is 37.0 Å². The fourth-order valence-corrected chi connectivity index (χ4v) is 2.41. The van der Waals surface area contributed by atoms with E-state index in [1.54, 1.807) is 26.2 Å². The normalized spacial score (nSPS) is 12.9. The van der Waals surface area contributed by atoms with Crippen molar-refractivity contribution >= 4 is 11.6 Å². The maximum Gasteiger partial charge on any atom is 0.431 e. The maximum absolute atomic E-state index is 12.9. The van der Waals surface area contributed by atoms with Crippen molar-refractivity contribution in [3.05, 3.63) is 46.1 Å². The summed E-state index contributed by atoms with van der Waals surface area (Å²) in [4.78, 5) is 24.9. The van der Waals surface area contributed by atoms with Crippen molar-refractivity contribution < 1.29 is 18.0 Å². The number of halogens is 3. The second kappa shape index (κ2) is 6.54. The number of hydrogen-bond acceptors (Lipinski definition) is 3. The number of nitrogens with zero attached hydrogens (tertiary/aromatic N) is 3. The number of aromatic nitrogens is 3. The Morgan fingerprint density at radius 1 is 1.11 bits per heavy atom. The van der Waals surface area contributed by atoms with Crippen LogP contribution in [0, 0.1) is 0 Å². The van der Waals surface area contributed by atoms with Gasteiger partial charge in [-0.15, -0.1) is 0 Å². The van der Waals surface area contributed by atoms with Gasteiger partial charge in [0.05, 0.1) is 6.20 Å². The number of hydrogen-bond donors (Lipinski definition) is 1. The van der Waals surface area contributed by atoms with Gasteiger partial charge in [0.15, 0.2) is 0 Å². The van der Waals surface area contributed by atoms with E-state index in [4.69, 9.17) is 0 Å². The number of carbonyl (C=O) groups excluding carboxylic acids is 1. The predicted octanol–water partition coefficient (Wildman–Crippen LogP) is 3.27. The summed E-state index contributed by atoms with van der Waals surface area (Å²) in [6, 6.07) is 1.72. The first-order chi connectivity index (χ1) is 12.2. The molecule has 2 rings (SSSR count). The molecule has 0 bridgehead atoms. The van der Waals surface area contributed by atoms with Crippen LogP contribution in [-0.2, 0) is 29.0 Å². The Hall–Kier alpha value is -2.58. The van der Waals surface area contributed by atoms with E-state index in [-0.39, 0.29) is 11.1 Å². The molecule has 0 aliphatic heterocycles. The van der Waals surface area contributed by atoms with E-state index >= 15 is 0 Å². The lowest BCUT2D eigenvalue weighted by Gasteiger charge is -2.25. The summed E-state index contributed by atoms with van der Waals surface area (Å²) in [6.45, 7) is 9.24. The smallest absolute Gasteiger partial charge is 0.319 e. The average Bonchev–Trinajstić information content (AvgIpc) is 3.01. The number of amides is 1. The quantitative estimate of drug-likeness (QED) is 0.883. The molecular weight excluding hydrogens is 361 g/mol. The van der Waals surface area contributed by atoms with Crippen LogP contribution < -0.4 is 10.9 Å². The molecular formula is C18H23F3N4O2. The highest BCUT2D eigenvalue weighted by Gasteiger charge is 2.35. The van der Waals surface area contributed by atoms with Crippen LogP contribution in [0.3, 0.4) is 0 Å². The molecule has 0 radical (unpaired) electrons. The van der Waals surface area contributed by atoms with Crippen molar-refractivity contribution in [2.45, 2.75) is 51.7 Å². The molecule has 0 saturated carbocycles. The third-order valence-corrected chi connectivity index (χ3v) is 4.42. The van der Waals surface area contributed by atoms with Gasteiger partial charge < -0.3 is 9.88 Å². The van der Waals surface area contributed by atoms with Crippen molar-refractivity contribution in [2.75, 3.05) is 5.32 Å². The van der Waals surface area contributed by atoms with E-state index in [0.29, 0.717) is 4.57 Å². The molecule has 0 aromatic carbocycles. The largest absolute Gasteiger partial charge is 0.431 e. The molecule has 0 fully saturated rings. The second-order valence-electron chi connectivity index (χ2n) is 7.93. The molecule has 27 heavy (non-hydrogen) atoms. The number of anilines is 1. The molecule has 2 aromatic rings. The van der Waals surface area contributed by atoms with Gasteiger partial charge in [0.25, 0.3) is 11.5 Å². The molecule has 0 saturated heterocycles. The maximum atomic E-state index is 12.9. The molecule has 9 heteroatoms. The van der Waals surface area contributed by atoms with Gasteiger partial charge >= 0.3 is 6.18 Å². The molecule has 148 valence electrons. The van der Waals surface area contributed by atoms with E-state index in [1.807, 2.05) is 20.8 Å². The zero-order valence-electron chi connectivity index (χ0n) is 16.1. The molecule has 1 amide bonds. The Morgan fingerprint density at radius 3 is 2.19 bits per heavy atom. The minimum atomic E-state index is -4.66. The van der Waals surface area contributed by atoms with Gasteiger partial charge in [-0.1, -0.05) is 20.8 Å². The molecule has 0 unspecified atom stereocenters. The molecule has 2 aromatic heterocycles. The highest BCUT2D eigenvalue weighted by molar-refractivity contribution is 5.95. The number of carbonyl (C=O) groups is 1. The Kier molecular flexibility index (Phi) is 5.02.